The maximum Gasteiger partial charge on any atom is 4.00 e. The van der Waals surface area contributed by atoms with Crippen LogP contribution in [0, 0.1) is 0 Å². The van der Waals surface area contributed by atoms with E-state index in [1.54, 1.807) is 0 Å². The van der Waals surface area contributed by atoms with Crippen LogP contribution in [-0.2, 0) is 11.0 Å². The molecule has 0 saturated heterocycles. The van der Waals surface area contributed by atoms with Gasteiger partial charge in [0, 0.05) is 0 Å². The zero-order valence-electron chi connectivity index (χ0n) is 1.32. The summed E-state index contributed by atoms with van der Waals surface area (Å²) in [7, 11) is 0. The Bertz CT molecular complexity index is 7.61. The topological polar surface area (TPSA) is 57.0 Å². The molecule has 0 aliphatic rings. The fourth-order valence-electron chi connectivity index (χ4n) is 0. The van der Waals surface area contributed by atoms with Crippen LogP contribution in [0.3, 0.4) is 0 Å². The standard InChI is InChI=1S/Ge.2O.2H4Si/h;;;2*1H4/q+4;2*-2;;. The fourth-order valence-corrected chi connectivity index (χ4v) is 0. The van der Waals surface area contributed by atoms with Crippen molar-refractivity contribution in [1.29, 1.82) is 0 Å². The van der Waals surface area contributed by atoms with Gasteiger partial charge in [-0.1, -0.05) is 0 Å². The van der Waals surface area contributed by atoms with Crippen molar-refractivity contribution >= 4 is 39.5 Å². The zero-order valence-corrected chi connectivity index (χ0v) is 3.41. The summed E-state index contributed by atoms with van der Waals surface area (Å²) < 4.78 is 0. The Morgan fingerprint density at radius 3 is 0.600 bits per heavy atom. The predicted molar refractivity (Wildman–Crippen MR) is 29.8 cm³/mol. The molecule has 2 nitrogen and oxygen atoms in total. The van der Waals surface area contributed by atoms with Gasteiger partial charge in [-0.2, -0.15) is 0 Å². The molecule has 0 heterocycles. The van der Waals surface area contributed by atoms with Crippen LogP contribution in [0.15, 0.2) is 0 Å². The minimum absolute atomic E-state index is 0. The second kappa shape index (κ2) is 92.5. The Labute approximate surface area is 51.0 Å². The molecule has 0 aromatic heterocycles. The van der Waals surface area contributed by atoms with Crippen molar-refractivity contribution in [2.75, 3.05) is 0 Å². The van der Waals surface area contributed by atoms with Gasteiger partial charge >= 0.3 is 17.6 Å². The van der Waals surface area contributed by atoms with Crippen molar-refractivity contribution in [3.63, 3.8) is 0 Å². The summed E-state index contributed by atoms with van der Waals surface area (Å²) in [6.45, 7) is 0. The molecule has 0 unspecified atom stereocenters. The molecule has 5 heavy (non-hydrogen) atoms. The summed E-state index contributed by atoms with van der Waals surface area (Å²) in [5, 5.41) is 0. The smallest absolute Gasteiger partial charge is 2.00 e. The summed E-state index contributed by atoms with van der Waals surface area (Å²) in [4.78, 5) is 0. The molecule has 0 bridgehead atoms. The molecular weight excluding hydrogens is 161 g/mol. The molecule has 0 aromatic carbocycles. The molecule has 0 N–H and O–H groups in total. The third-order valence-corrected chi connectivity index (χ3v) is 0. The molecule has 0 radical (unpaired) electrons. The van der Waals surface area contributed by atoms with Gasteiger partial charge in [0.1, 0.15) is 0 Å². The second-order valence-electron chi connectivity index (χ2n) is 0. The Kier molecular flexibility index (Phi) is 3250. The molecule has 0 amide bonds. The molecule has 5 heteroatoms. The van der Waals surface area contributed by atoms with Gasteiger partial charge in [0.2, 0.25) is 0 Å². The van der Waals surface area contributed by atoms with E-state index in [4.69, 9.17) is 0 Å². The van der Waals surface area contributed by atoms with Crippen molar-refractivity contribution in [1.82, 2.24) is 0 Å². The summed E-state index contributed by atoms with van der Waals surface area (Å²) in [6, 6.07) is 0. The van der Waals surface area contributed by atoms with Gasteiger partial charge in [-0.05, 0) is 21.9 Å². The summed E-state index contributed by atoms with van der Waals surface area (Å²) in [5.74, 6) is 0. The van der Waals surface area contributed by atoms with Crippen molar-refractivity contribution in [3.8, 4) is 0 Å². The summed E-state index contributed by atoms with van der Waals surface area (Å²) in [6.07, 6.45) is 0. The van der Waals surface area contributed by atoms with Crippen LogP contribution in [0.25, 0.3) is 0 Å². The molecule has 0 aliphatic heterocycles. The molecule has 0 spiro atoms. The quantitative estimate of drug-likeness (QED) is 0.337. The molecule has 0 fully saturated rings. The average molecular weight is 169 g/mol. The first-order chi connectivity index (χ1) is 0. The van der Waals surface area contributed by atoms with Crippen LogP contribution < -0.4 is 0 Å². The Morgan fingerprint density at radius 2 is 0.600 bits per heavy atom. The third-order valence-electron chi connectivity index (χ3n) is 0. The average Bonchev–Trinajstić information content (AvgIpc) is 0. The van der Waals surface area contributed by atoms with E-state index < -0.39 is 0 Å². The van der Waals surface area contributed by atoms with Gasteiger partial charge < -0.3 is 11.0 Å². The number of rotatable bonds is 0. The first-order valence-corrected chi connectivity index (χ1v) is 0. The maximum atomic E-state index is 0. The van der Waals surface area contributed by atoms with Crippen LogP contribution in [0.5, 0.6) is 0 Å². The first kappa shape index (κ1) is 176. The zero-order chi connectivity index (χ0) is 0. The Morgan fingerprint density at radius 1 is 0.600 bits per heavy atom. The van der Waals surface area contributed by atoms with E-state index in [2.05, 4.69) is 0 Å². The Hall–Kier alpha value is 0.897. The van der Waals surface area contributed by atoms with E-state index >= 15 is 0 Å². The molecule has 0 saturated carbocycles. The molecule has 0 aliphatic carbocycles. The van der Waals surface area contributed by atoms with Crippen LogP contribution in [0.1, 0.15) is 0 Å². The minimum atomic E-state index is 0. The first-order valence-electron chi connectivity index (χ1n) is 0. The maximum absolute atomic E-state index is 0. The van der Waals surface area contributed by atoms with Gasteiger partial charge in [-0.25, -0.2) is 0 Å². The monoisotopic (exact) mass is 170 g/mol. The van der Waals surface area contributed by atoms with Crippen molar-refractivity contribution in [3.05, 3.63) is 0 Å². The van der Waals surface area contributed by atoms with E-state index in [1.165, 1.54) is 0 Å². The van der Waals surface area contributed by atoms with Gasteiger partial charge in [0.25, 0.3) is 0 Å². The predicted octanol–water partition coefficient (Wildman–Crippen LogP) is -3.52. The second-order valence-corrected chi connectivity index (χ2v) is 0. The molecule has 0 aromatic rings. The minimum Gasteiger partial charge on any atom is -2.00 e. The van der Waals surface area contributed by atoms with E-state index in [0.29, 0.717) is 0 Å². The van der Waals surface area contributed by atoms with Crippen LogP contribution >= 0.6 is 0 Å². The van der Waals surface area contributed by atoms with E-state index in [9.17, 15) is 0 Å². The number of hydrogen-bond donors (Lipinski definition) is 0. The van der Waals surface area contributed by atoms with Crippen molar-refractivity contribution in [2.24, 2.45) is 0 Å². The van der Waals surface area contributed by atoms with Crippen LogP contribution in [0.2, 0.25) is 0 Å². The van der Waals surface area contributed by atoms with Gasteiger partial charge in [-0.3, -0.25) is 0 Å². The summed E-state index contributed by atoms with van der Waals surface area (Å²) in [5.41, 5.74) is 0. The van der Waals surface area contributed by atoms with Gasteiger partial charge in [0.15, 0.2) is 0 Å². The largest absolute Gasteiger partial charge is 4.00 e. The van der Waals surface area contributed by atoms with E-state index in [0.717, 1.165) is 0 Å². The van der Waals surface area contributed by atoms with Gasteiger partial charge in [-0.15, -0.1) is 0 Å². The molecule has 32 valence electrons. The van der Waals surface area contributed by atoms with E-state index in [-0.39, 0.29) is 50.5 Å². The SMILES string of the molecule is [Ge+4].[O-2].[O-2].[SiH4].[SiH4]. The molecule has 0 rings (SSSR count). The molecule has 0 atom stereocenters. The van der Waals surface area contributed by atoms with Gasteiger partial charge in [0.05, 0.1) is 0 Å². The molecular formula is H8GeO2Si2. The number of hydrogen-bond acceptors (Lipinski definition) is 0. The third kappa shape index (κ3) is 51.1. The fraction of sp³-hybridized carbons (Fsp3) is 0. The summed E-state index contributed by atoms with van der Waals surface area (Å²) >= 11 is 0. The Balaban J connectivity index is 0. The van der Waals surface area contributed by atoms with Crippen LogP contribution in [0.4, 0.5) is 0 Å². The normalized spacial score (nSPS) is 0. The van der Waals surface area contributed by atoms with E-state index in [1.807, 2.05) is 0 Å². The van der Waals surface area contributed by atoms with Crippen molar-refractivity contribution in [2.45, 2.75) is 0 Å². The van der Waals surface area contributed by atoms with Crippen molar-refractivity contribution < 1.29 is 11.0 Å². The van der Waals surface area contributed by atoms with Crippen LogP contribution in [-0.4, -0.2) is 39.5 Å².